The van der Waals surface area contributed by atoms with E-state index in [0.29, 0.717) is 6.42 Å². The largest absolute Gasteiger partial charge is 0.528 e. The van der Waals surface area contributed by atoms with E-state index in [2.05, 4.69) is 16.6 Å². The van der Waals surface area contributed by atoms with E-state index in [1.54, 1.807) is 20.8 Å². The van der Waals surface area contributed by atoms with E-state index < -0.39 is 35.4 Å². The Morgan fingerprint density at radius 3 is 2.48 bits per heavy atom. The van der Waals surface area contributed by atoms with Gasteiger partial charge in [-0.15, -0.1) is 0 Å². The third kappa shape index (κ3) is 3.99. The summed E-state index contributed by atoms with van der Waals surface area (Å²) in [7, 11) is 4.79. The second-order valence-corrected chi connectivity index (χ2v) is 6.19. The van der Waals surface area contributed by atoms with Crippen LogP contribution in [0.3, 0.4) is 0 Å². The van der Waals surface area contributed by atoms with Crippen LogP contribution in [-0.4, -0.2) is 49.5 Å². The third-order valence-electron chi connectivity index (χ3n) is 3.35. The molecule has 0 aromatic carbocycles. The summed E-state index contributed by atoms with van der Waals surface area (Å²) in [5, 5.41) is 2.40. The Balaban J connectivity index is 3.02. The maximum atomic E-state index is 12.7. The monoisotopic (exact) mass is 293 g/mol. The summed E-state index contributed by atoms with van der Waals surface area (Å²) in [4.78, 5) is 36.8. The lowest BCUT2D eigenvalue weighted by molar-refractivity contribution is -0.140. The molecule has 0 aliphatic carbocycles. The number of hydrogen-bond donors (Lipinski definition) is 2. The lowest BCUT2D eigenvalue weighted by Crippen LogP contribution is -2.57. The Bertz CT molecular complexity index is 473. The lowest BCUT2D eigenvalue weighted by Gasteiger charge is -2.34. The number of hydrogen-bond acceptors (Lipinski definition) is 4. The molecule has 1 aliphatic heterocycles. The van der Waals surface area contributed by atoms with Gasteiger partial charge in [0.25, 0.3) is 0 Å². The van der Waals surface area contributed by atoms with Crippen molar-refractivity contribution in [2.45, 2.75) is 39.3 Å². The van der Waals surface area contributed by atoms with Crippen LogP contribution in [0.5, 0.6) is 0 Å². The molecule has 1 fully saturated rings. The first kappa shape index (κ1) is 17.1. The standard InChI is InChI=1S/C13H20BN3O4/c1-7-5-8(10(15)18)17(6-7)11(19)9(13(2,3)4)16-12(20)21-14/h8-9H,1,5-6H2,2-4H3,(H2,15,18)(H,16,20)/t8-,9+/m0/s1. The molecule has 0 unspecified atom stereocenters. The minimum Gasteiger partial charge on any atom is -0.528 e. The first-order valence-corrected chi connectivity index (χ1v) is 6.51. The minimum atomic E-state index is -0.920. The molecule has 1 aliphatic rings. The second-order valence-electron chi connectivity index (χ2n) is 6.19. The van der Waals surface area contributed by atoms with E-state index in [0.717, 1.165) is 5.57 Å². The number of rotatable bonds is 3. The number of nitrogens with two attached hydrogens (primary N) is 1. The van der Waals surface area contributed by atoms with Crippen LogP contribution < -0.4 is 11.1 Å². The Morgan fingerprint density at radius 1 is 1.48 bits per heavy atom. The average Bonchev–Trinajstić information content (AvgIpc) is 2.75. The van der Waals surface area contributed by atoms with Crippen molar-refractivity contribution in [1.29, 1.82) is 0 Å². The average molecular weight is 293 g/mol. The molecular formula is C13H20BN3O4. The molecule has 0 aromatic rings. The van der Waals surface area contributed by atoms with E-state index in [-0.39, 0.29) is 6.54 Å². The van der Waals surface area contributed by atoms with Crippen LogP contribution in [0.25, 0.3) is 0 Å². The summed E-state index contributed by atoms with van der Waals surface area (Å²) in [5.41, 5.74) is 5.46. The van der Waals surface area contributed by atoms with Gasteiger partial charge in [0.1, 0.15) is 12.1 Å². The summed E-state index contributed by atoms with van der Waals surface area (Å²) in [6.45, 7) is 9.34. The van der Waals surface area contributed by atoms with Crippen molar-refractivity contribution in [2.75, 3.05) is 6.54 Å². The van der Waals surface area contributed by atoms with Gasteiger partial charge in [-0.05, 0) is 11.8 Å². The number of carbonyl (C=O) groups excluding carboxylic acids is 3. The first-order chi connectivity index (χ1) is 9.57. The molecule has 3 amide bonds. The molecule has 0 aromatic heterocycles. The van der Waals surface area contributed by atoms with E-state index in [9.17, 15) is 14.4 Å². The molecule has 1 rings (SSSR count). The number of primary amides is 1. The van der Waals surface area contributed by atoms with Crippen molar-refractivity contribution in [3.05, 3.63) is 12.2 Å². The summed E-state index contributed by atoms with van der Waals surface area (Å²) in [5.74, 6) is -1.02. The molecule has 21 heavy (non-hydrogen) atoms. The summed E-state index contributed by atoms with van der Waals surface area (Å²) in [6, 6.07) is -1.65. The van der Waals surface area contributed by atoms with Crippen LogP contribution in [0, 0.1) is 5.41 Å². The SMILES string of the molecule is [B]OC(=O)N[C@H](C(=O)N1CC(=C)C[C@H]1C(N)=O)C(C)(C)C. The predicted octanol–water partition coefficient (Wildman–Crippen LogP) is -0.147. The predicted molar refractivity (Wildman–Crippen MR) is 77.1 cm³/mol. The maximum absolute atomic E-state index is 12.7. The molecular weight excluding hydrogens is 273 g/mol. The van der Waals surface area contributed by atoms with Crippen LogP contribution in [0.1, 0.15) is 27.2 Å². The molecule has 0 bridgehead atoms. The van der Waals surface area contributed by atoms with Crippen LogP contribution in [0.15, 0.2) is 12.2 Å². The molecule has 7 nitrogen and oxygen atoms in total. The quantitative estimate of drug-likeness (QED) is 0.558. The van der Waals surface area contributed by atoms with Crippen molar-refractivity contribution in [3.63, 3.8) is 0 Å². The Labute approximate surface area is 125 Å². The highest BCUT2D eigenvalue weighted by Crippen LogP contribution is 2.27. The van der Waals surface area contributed by atoms with E-state index in [1.165, 1.54) is 4.90 Å². The van der Waals surface area contributed by atoms with Crippen LogP contribution in [-0.2, 0) is 14.2 Å². The zero-order valence-corrected chi connectivity index (χ0v) is 12.5. The highest BCUT2D eigenvalue weighted by Gasteiger charge is 2.42. The molecule has 114 valence electrons. The van der Waals surface area contributed by atoms with Crippen molar-refractivity contribution in [1.82, 2.24) is 10.2 Å². The number of likely N-dealkylation sites (tertiary alicyclic amines) is 1. The first-order valence-electron chi connectivity index (χ1n) is 6.51. The van der Waals surface area contributed by atoms with Crippen LogP contribution in [0.4, 0.5) is 4.79 Å². The topological polar surface area (TPSA) is 102 Å². The normalized spacial score (nSPS) is 20.0. The third-order valence-corrected chi connectivity index (χ3v) is 3.35. The zero-order chi connectivity index (χ0) is 16.4. The molecule has 2 radical (unpaired) electrons. The van der Waals surface area contributed by atoms with Gasteiger partial charge in [0.2, 0.25) is 11.8 Å². The van der Waals surface area contributed by atoms with Crippen molar-refractivity contribution in [3.8, 4) is 0 Å². The van der Waals surface area contributed by atoms with Gasteiger partial charge >= 0.3 is 14.1 Å². The van der Waals surface area contributed by atoms with Crippen molar-refractivity contribution >= 4 is 26.0 Å². The Morgan fingerprint density at radius 2 is 2.05 bits per heavy atom. The van der Waals surface area contributed by atoms with Gasteiger partial charge in [-0.1, -0.05) is 32.9 Å². The molecule has 1 heterocycles. The number of nitrogens with one attached hydrogen (secondary N) is 1. The highest BCUT2D eigenvalue weighted by atomic mass is 16.5. The lowest BCUT2D eigenvalue weighted by atomic mass is 9.85. The maximum Gasteiger partial charge on any atom is 0.389 e. The number of nitrogens with zero attached hydrogens (tertiary/aromatic N) is 1. The molecule has 0 spiro atoms. The minimum absolute atomic E-state index is 0.234. The fraction of sp³-hybridized carbons (Fsp3) is 0.615. The second kappa shape index (κ2) is 6.20. The van der Waals surface area contributed by atoms with Gasteiger partial charge in [-0.25, -0.2) is 4.79 Å². The van der Waals surface area contributed by atoms with Gasteiger partial charge in [0.05, 0.1) is 0 Å². The number of amides is 3. The molecule has 1 saturated heterocycles. The molecule has 0 saturated carbocycles. The Hall–Kier alpha value is -1.99. The fourth-order valence-electron chi connectivity index (χ4n) is 2.25. The molecule has 3 N–H and O–H groups in total. The summed E-state index contributed by atoms with van der Waals surface area (Å²) >= 11 is 0. The molecule has 2 atom stereocenters. The van der Waals surface area contributed by atoms with Crippen molar-refractivity contribution in [2.24, 2.45) is 11.1 Å². The number of carbonyl (C=O) groups is 3. The van der Waals surface area contributed by atoms with Crippen molar-refractivity contribution < 1.29 is 19.0 Å². The van der Waals surface area contributed by atoms with Crippen LogP contribution in [0.2, 0.25) is 0 Å². The van der Waals surface area contributed by atoms with Gasteiger partial charge in [-0.3, -0.25) is 9.59 Å². The highest BCUT2D eigenvalue weighted by molar-refractivity contribution is 6.05. The fourth-order valence-corrected chi connectivity index (χ4v) is 2.25. The summed E-state index contributed by atoms with van der Waals surface area (Å²) < 4.78 is 4.05. The smallest absolute Gasteiger partial charge is 0.389 e. The zero-order valence-electron chi connectivity index (χ0n) is 12.5. The van der Waals surface area contributed by atoms with Gasteiger partial charge in [0.15, 0.2) is 0 Å². The van der Waals surface area contributed by atoms with Crippen LogP contribution >= 0.6 is 0 Å². The Kier molecular flexibility index (Phi) is 5.04. The summed E-state index contributed by atoms with van der Waals surface area (Å²) in [6.07, 6.45) is -0.587. The van der Waals surface area contributed by atoms with E-state index >= 15 is 0 Å². The van der Waals surface area contributed by atoms with Gasteiger partial charge in [0, 0.05) is 6.54 Å². The molecule has 8 heteroatoms. The van der Waals surface area contributed by atoms with Gasteiger partial charge < -0.3 is 20.6 Å². The van der Waals surface area contributed by atoms with E-state index in [1.807, 2.05) is 0 Å². The van der Waals surface area contributed by atoms with E-state index in [4.69, 9.17) is 13.8 Å². The van der Waals surface area contributed by atoms with Gasteiger partial charge in [-0.2, -0.15) is 0 Å².